The Labute approximate surface area is 117 Å². The Hall–Kier alpha value is -1.06. The normalized spacial score (nSPS) is 10.7. The first kappa shape index (κ1) is 16.0. The number of ether oxygens (including phenoxy) is 1. The lowest BCUT2D eigenvalue weighted by molar-refractivity contribution is -0.656. The van der Waals surface area contributed by atoms with Crippen molar-refractivity contribution in [1.82, 2.24) is 0 Å². The zero-order chi connectivity index (χ0) is 13.9. The number of hydrogen-bond donors (Lipinski definition) is 2. The molecule has 3 nitrogen and oxygen atoms in total. The SMILES string of the molecule is Cc1cccc(OCCCCCC[NH2+]CCO)c1C. The summed E-state index contributed by atoms with van der Waals surface area (Å²) in [7, 11) is 0. The Bertz CT molecular complexity index is 353. The van der Waals surface area contributed by atoms with Crippen LogP contribution in [0.5, 0.6) is 5.75 Å². The van der Waals surface area contributed by atoms with Crippen molar-refractivity contribution >= 4 is 0 Å². The number of aliphatic hydroxyl groups excluding tert-OH is 1. The van der Waals surface area contributed by atoms with Crippen molar-refractivity contribution in [2.75, 3.05) is 26.3 Å². The molecule has 0 spiro atoms. The fourth-order valence-corrected chi connectivity index (χ4v) is 2.04. The van der Waals surface area contributed by atoms with Crippen molar-refractivity contribution in [3.05, 3.63) is 29.3 Å². The van der Waals surface area contributed by atoms with E-state index in [9.17, 15) is 0 Å². The molecule has 0 unspecified atom stereocenters. The number of rotatable bonds is 10. The molecule has 0 fully saturated rings. The highest BCUT2D eigenvalue weighted by Crippen LogP contribution is 2.20. The van der Waals surface area contributed by atoms with E-state index in [0.717, 1.165) is 31.9 Å². The van der Waals surface area contributed by atoms with Gasteiger partial charge in [-0.05, 0) is 56.7 Å². The Morgan fingerprint density at radius 3 is 2.63 bits per heavy atom. The van der Waals surface area contributed by atoms with Crippen LogP contribution < -0.4 is 10.1 Å². The van der Waals surface area contributed by atoms with Gasteiger partial charge in [0, 0.05) is 0 Å². The highest BCUT2D eigenvalue weighted by Gasteiger charge is 2.01. The van der Waals surface area contributed by atoms with Crippen LogP contribution in [0, 0.1) is 13.8 Å². The van der Waals surface area contributed by atoms with E-state index >= 15 is 0 Å². The second kappa shape index (κ2) is 9.82. The number of aryl methyl sites for hydroxylation is 1. The van der Waals surface area contributed by atoms with Gasteiger partial charge in [-0.2, -0.15) is 0 Å². The van der Waals surface area contributed by atoms with Crippen LogP contribution in [0.1, 0.15) is 36.8 Å². The van der Waals surface area contributed by atoms with E-state index in [4.69, 9.17) is 9.84 Å². The average molecular weight is 266 g/mol. The second-order valence-corrected chi connectivity index (χ2v) is 5.05. The minimum Gasteiger partial charge on any atom is -0.493 e. The van der Waals surface area contributed by atoms with Crippen molar-refractivity contribution in [3.63, 3.8) is 0 Å². The van der Waals surface area contributed by atoms with Crippen LogP contribution in [0.25, 0.3) is 0 Å². The van der Waals surface area contributed by atoms with Crippen molar-refractivity contribution in [2.45, 2.75) is 39.5 Å². The van der Waals surface area contributed by atoms with Crippen LogP contribution in [0.4, 0.5) is 0 Å². The maximum absolute atomic E-state index is 8.64. The molecule has 0 aliphatic heterocycles. The Morgan fingerprint density at radius 1 is 1.05 bits per heavy atom. The first-order chi connectivity index (χ1) is 9.25. The largest absolute Gasteiger partial charge is 0.493 e. The number of aliphatic hydroxyl groups is 1. The van der Waals surface area contributed by atoms with Gasteiger partial charge in [-0.1, -0.05) is 12.1 Å². The fourth-order valence-electron chi connectivity index (χ4n) is 2.04. The van der Waals surface area contributed by atoms with Crippen molar-refractivity contribution in [1.29, 1.82) is 0 Å². The van der Waals surface area contributed by atoms with Gasteiger partial charge in [0.15, 0.2) is 0 Å². The van der Waals surface area contributed by atoms with E-state index in [2.05, 4.69) is 31.3 Å². The molecule has 0 aromatic heterocycles. The van der Waals surface area contributed by atoms with E-state index in [1.807, 2.05) is 6.07 Å². The molecular formula is C16H28NO2+. The predicted molar refractivity (Wildman–Crippen MR) is 78.6 cm³/mol. The average Bonchev–Trinajstić information content (AvgIpc) is 2.41. The van der Waals surface area contributed by atoms with Gasteiger partial charge < -0.3 is 15.2 Å². The van der Waals surface area contributed by atoms with Gasteiger partial charge in [0.25, 0.3) is 0 Å². The molecule has 0 aliphatic rings. The standard InChI is InChI=1S/C16H27NO2/c1-14-8-7-9-16(15(14)2)19-13-6-4-3-5-10-17-11-12-18/h7-9,17-18H,3-6,10-13H2,1-2H3/p+1. The number of unbranched alkanes of at least 4 members (excludes halogenated alkanes) is 3. The molecule has 0 saturated heterocycles. The molecule has 0 atom stereocenters. The topological polar surface area (TPSA) is 46.1 Å². The first-order valence-corrected chi connectivity index (χ1v) is 7.37. The molecule has 0 saturated carbocycles. The van der Waals surface area contributed by atoms with Gasteiger partial charge in [-0.3, -0.25) is 0 Å². The Kier molecular flexibility index (Phi) is 8.26. The van der Waals surface area contributed by atoms with E-state index in [-0.39, 0.29) is 6.61 Å². The summed E-state index contributed by atoms with van der Waals surface area (Å²) < 4.78 is 5.82. The van der Waals surface area contributed by atoms with Gasteiger partial charge in [0.1, 0.15) is 5.75 Å². The van der Waals surface area contributed by atoms with Gasteiger partial charge in [-0.15, -0.1) is 0 Å². The lowest BCUT2D eigenvalue weighted by atomic mass is 10.1. The van der Waals surface area contributed by atoms with Gasteiger partial charge >= 0.3 is 0 Å². The maximum atomic E-state index is 8.64. The van der Waals surface area contributed by atoms with Crippen LogP contribution in [-0.4, -0.2) is 31.4 Å². The van der Waals surface area contributed by atoms with E-state index in [1.54, 1.807) is 0 Å². The van der Waals surface area contributed by atoms with Crippen molar-refractivity contribution in [3.8, 4) is 5.75 Å². The molecule has 1 aromatic carbocycles. The molecule has 1 rings (SSSR count). The summed E-state index contributed by atoms with van der Waals surface area (Å²) in [4.78, 5) is 0. The lowest BCUT2D eigenvalue weighted by Crippen LogP contribution is -2.85. The van der Waals surface area contributed by atoms with Crippen LogP contribution in [0.3, 0.4) is 0 Å². The van der Waals surface area contributed by atoms with Crippen LogP contribution >= 0.6 is 0 Å². The minimum atomic E-state index is 0.281. The molecule has 3 heteroatoms. The van der Waals surface area contributed by atoms with Gasteiger partial charge in [0.2, 0.25) is 0 Å². The Morgan fingerprint density at radius 2 is 1.84 bits per heavy atom. The molecule has 19 heavy (non-hydrogen) atoms. The molecule has 0 radical (unpaired) electrons. The zero-order valence-corrected chi connectivity index (χ0v) is 12.3. The molecule has 3 N–H and O–H groups in total. The fraction of sp³-hybridized carbons (Fsp3) is 0.625. The number of benzene rings is 1. The summed E-state index contributed by atoms with van der Waals surface area (Å²) in [5, 5.41) is 10.8. The highest BCUT2D eigenvalue weighted by atomic mass is 16.5. The number of hydrogen-bond acceptors (Lipinski definition) is 2. The second-order valence-electron chi connectivity index (χ2n) is 5.05. The molecule has 0 amide bonds. The van der Waals surface area contributed by atoms with Crippen LogP contribution in [0.2, 0.25) is 0 Å². The first-order valence-electron chi connectivity index (χ1n) is 7.37. The summed E-state index contributed by atoms with van der Waals surface area (Å²) in [5.74, 6) is 1.02. The summed E-state index contributed by atoms with van der Waals surface area (Å²) in [6.07, 6.45) is 4.81. The monoisotopic (exact) mass is 266 g/mol. The molecule has 0 aliphatic carbocycles. The van der Waals surface area contributed by atoms with Gasteiger partial charge in [0.05, 0.1) is 26.3 Å². The molecular weight excluding hydrogens is 238 g/mol. The number of quaternary nitrogens is 1. The summed E-state index contributed by atoms with van der Waals surface area (Å²) >= 11 is 0. The van der Waals surface area contributed by atoms with Crippen LogP contribution in [0.15, 0.2) is 18.2 Å². The maximum Gasteiger partial charge on any atom is 0.122 e. The zero-order valence-electron chi connectivity index (χ0n) is 12.3. The quantitative estimate of drug-likeness (QED) is 0.634. The number of nitrogens with two attached hydrogens (primary N) is 1. The molecule has 108 valence electrons. The van der Waals surface area contributed by atoms with Crippen molar-refractivity contribution < 1.29 is 15.2 Å². The molecule has 0 bridgehead atoms. The van der Waals surface area contributed by atoms with E-state index in [0.29, 0.717) is 0 Å². The Balaban J connectivity index is 2.03. The third-order valence-electron chi connectivity index (χ3n) is 3.45. The molecule has 1 aromatic rings. The van der Waals surface area contributed by atoms with E-state index in [1.165, 1.54) is 30.4 Å². The lowest BCUT2D eigenvalue weighted by Gasteiger charge is -2.10. The van der Waals surface area contributed by atoms with Gasteiger partial charge in [-0.25, -0.2) is 0 Å². The van der Waals surface area contributed by atoms with Crippen molar-refractivity contribution in [2.24, 2.45) is 0 Å². The predicted octanol–water partition coefficient (Wildman–Crippen LogP) is 1.80. The molecule has 0 heterocycles. The smallest absolute Gasteiger partial charge is 0.122 e. The summed E-state index contributed by atoms with van der Waals surface area (Å²) in [6, 6.07) is 6.21. The van der Waals surface area contributed by atoms with Crippen LogP contribution in [-0.2, 0) is 0 Å². The van der Waals surface area contributed by atoms with E-state index < -0.39 is 0 Å². The highest BCUT2D eigenvalue weighted by molar-refractivity contribution is 5.38. The third-order valence-corrected chi connectivity index (χ3v) is 3.45. The summed E-state index contributed by atoms with van der Waals surface area (Å²) in [6.45, 7) is 7.27. The minimum absolute atomic E-state index is 0.281. The third kappa shape index (κ3) is 6.60. The summed E-state index contributed by atoms with van der Waals surface area (Å²) in [5.41, 5.74) is 2.54.